The van der Waals surface area contributed by atoms with Crippen LogP contribution in [0.4, 0.5) is 10.1 Å². The highest BCUT2D eigenvalue weighted by Crippen LogP contribution is 2.35. The minimum Gasteiger partial charge on any atom is -0.279 e. The number of amides is 1. The highest BCUT2D eigenvalue weighted by molar-refractivity contribution is 7.92. The van der Waals surface area contributed by atoms with Crippen molar-refractivity contribution in [1.29, 1.82) is 0 Å². The molecule has 0 spiro atoms. The van der Waals surface area contributed by atoms with Gasteiger partial charge >= 0.3 is 0 Å². The van der Waals surface area contributed by atoms with Crippen molar-refractivity contribution in [3.63, 3.8) is 0 Å². The van der Waals surface area contributed by atoms with Crippen LogP contribution in [0, 0.1) is 5.82 Å². The second kappa shape index (κ2) is 8.31. The molecule has 4 rings (SSSR count). The summed E-state index contributed by atoms with van der Waals surface area (Å²) in [6, 6.07) is 20.5. The highest BCUT2D eigenvalue weighted by Gasteiger charge is 2.34. The van der Waals surface area contributed by atoms with Crippen LogP contribution in [0.2, 0.25) is 0 Å². The van der Waals surface area contributed by atoms with Gasteiger partial charge in [-0.2, -0.15) is 5.10 Å². The van der Waals surface area contributed by atoms with Crippen LogP contribution < -0.4 is 4.72 Å². The standard InChI is InChI=1S/C23H20FN3O3S/c1-16(28)27-23(18-11-5-7-13-20(18)24)15-22(25-27)19-12-6-8-14-21(19)26-31(29,30)17-9-3-2-4-10-17/h2-14,23,26H,15H2,1H3. The molecule has 1 aliphatic heterocycles. The molecule has 6 nitrogen and oxygen atoms in total. The van der Waals surface area contributed by atoms with Crippen molar-refractivity contribution in [2.24, 2.45) is 5.10 Å². The number of carbonyl (C=O) groups excluding carboxylic acids is 1. The second-order valence-corrected chi connectivity index (χ2v) is 8.80. The average Bonchev–Trinajstić information content (AvgIpc) is 3.20. The van der Waals surface area contributed by atoms with Crippen LogP contribution in [0.3, 0.4) is 0 Å². The van der Waals surface area contributed by atoms with Crippen molar-refractivity contribution in [3.05, 3.63) is 95.8 Å². The maximum atomic E-state index is 14.4. The topological polar surface area (TPSA) is 78.8 Å². The van der Waals surface area contributed by atoms with Crippen LogP contribution in [0.5, 0.6) is 0 Å². The normalized spacial score (nSPS) is 16.1. The number of hydrazone groups is 1. The Hall–Kier alpha value is -3.52. The van der Waals surface area contributed by atoms with E-state index in [0.29, 0.717) is 22.5 Å². The highest BCUT2D eigenvalue weighted by atomic mass is 32.2. The van der Waals surface area contributed by atoms with E-state index in [1.165, 1.54) is 30.1 Å². The largest absolute Gasteiger partial charge is 0.279 e. The molecule has 0 radical (unpaired) electrons. The van der Waals surface area contributed by atoms with E-state index >= 15 is 0 Å². The van der Waals surface area contributed by atoms with Crippen molar-refractivity contribution in [2.75, 3.05) is 4.72 Å². The van der Waals surface area contributed by atoms with Gasteiger partial charge in [0.2, 0.25) is 5.91 Å². The molecule has 0 bridgehead atoms. The number of nitrogens with zero attached hydrogens (tertiary/aromatic N) is 2. The second-order valence-electron chi connectivity index (χ2n) is 7.12. The van der Waals surface area contributed by atoms with Gasteiger partial charge in [-0.25, -0.2) is 17.8 Å². The molecule has 8 heteroatoms. The molecule has 31 heavy (non-hydrogen) atoms. The number of benzene rings is 3. The maximum absolute atomic E-state index is 14.4. The number of hydrogen-bond donors (Lipinski definition) is 1. The molecule has 0 aliphatic carbocycles. The number of rotatable bonds is 5. The number of nitrogens with one attached hydrogen (secondary N) is 1. The summed E-state index contributed by atoms with van der Waals surface area (Å²) in [5.74, 6) is -0.751. The SMILES string of the molecule is CC(=O)N1N=C(c2ccccc2NS(=O)(=O)c2ccccc2)CC1c1ccccc1F. The van der Waals surface area contributed by atoms with Gasteiger partial charge in [0.15, 0.2) is 0 Å². The van der Waals surface area contributed by atoms with Crippen molar-refractivity contribution in [1.82, 2.24) is 5.01 Å². The Morgan fingerprint density at radius 3 is 2.35 bits per heavy atom. The Morgan fingerprint density at radius 1 is 1.00 bits per heavy atom. The van der Waals surface area contributed by atoms with Gasteiger partial charge in [0, 0.05) is 24.5 Å². The summed E-state index contributed by atoms with van der Waals surface area (Å²) < 4.78 is 42.6. The fourth-order valence-corrected chi connectivity index (χ4v) is 4.68. The lowest BCUT2D eigenvalue weighted by Crippen LogP contribution is -2.25. The van der Waals surface area contributed by atoms with E-state index < -0.39 is 21.9 Å². The summed E-state index contributed by atoms with van der Waals surface area (Å²) in [5, 5.41) is 5.67. The van der Waals surface area contributed by atoms with Gasteiger partial charge in [0.1, 0.15) is 5.82 Å². The molecule has 158 valence electrons. The van der Waals surface area contributed by atoms with E-state index in [-0.39, 0.29) is 17.2 Å². The third kappa shape index (κ3) is 4.20. The molecular formula is C23H20FN3O3S. The van der Waals surface area contributed by atoms with Gasteiger partial charge in [0.05, 0.1) is 22.3 Å². The minimum absolute atomic E-state index is 0.132. The molecule has 0 aromatic heterocycles. The van der Waals surface area contributed by atoms with Gasteiger partial charge in [-0.15, -0.1) is 0 Å². The van der Waals surface area contributed by atoms with Gasteiger partial charge < -0.3 is 0 Å². The van der Waals surface area contributed by atoms with E-state index in [0.717, 1.165) is 0 Å². The van der Waals surface area contributed by atoms with E-state index in [4.69, 9.17) is 0 Å². The fraction of sp³-hybridized carbons (Fsp3) is 0.130. The van der Waals surface area contributed by atoms with Crippen LogP contribution in [0.1, 0.15) is 30.5 Å². The van der Waals surface area contributed by atoms with E-state index in [2.05, 4.69) is 9.82 Å². The molecule has 1 amide bonds. The molecule has 3 aromatic carbocycles. The lowest BCUT2D eigenvalue weighted by atomic mass is 9.97. The summed E-state index contributed by atoms with van der Waals surface area (Å²) in [6.45, 7) is 1.37. The summed E-state index contributed by atoms with van der Waals surface area (Å²) in [5.41, 5.74) is 1.73. The monoisotopic (exact) mass is 437 g/mol. The van der Waals surface area contributed by atoms with E-state index in [1.807, 2.05) is 0 Å². The number of sulfonamides is 1. The van der Waals surface area contributed by atoms with Crippen molar-refractivity contribution >= 4 is 27.3 Å². The molecule has 0 saturated heterocycles. The van der Waals surface area contributed by atoms with Gasteiger partial charge in [-0.1, -0.05) is 54.6 Å². The predicted molar refractivity (Wildman–Crippen MR) is 117 cm³/mol. The summed E-state index contributed by atoms with van der Waals surface area (Å²) >= 11 is 0. The maximum Gasteiger partial charge on any atom is 0.261 e. The Kier molecular flexibility index (Phi) is 5.56. The van der Waals surface area contributed by atoms with E-state index in [9.17, 15) is 17.6 Å². The number of anilines is 1. The van der Waals surface area contributed by atoms with Crippen LogP contribution in [-0.4, -0.2) is 25.0 Å². The summed E-state index contributed by atoms with van der Waals surface area (Å²) in [6.07, 6.45) is 0.255. The van der Waals surface area contributed by atoms with Gasteiger partial charge in [0.25, 0.3) is 10.0 Å². The fourth-order valence-electron chi connectivity index (χ4n) is 3.58. The van der Waals surface area contributed by atoms with Gasteiger partial charge in [-0.05, 0) is 24.3 Å². The average molecular weight is 437 g/mol. The number of carbonyl (C=O) groups is 1. The lowest BCUT2D eigenvalue weighted by molar-refractivity contribution is -0.130. The number of halogens is 1. The third-order valence-corrected chi connectivity index (χ3v) is 6.41. The lowest BCUT2D eigenvalue weighted by Gasteiger charge is -2.20. The van der Waals surface area contributed by atoms with Crippen LogP contribution in [-0.2, 0) is 14.8 Å². The van der Waals surface area contributed by atoms with Crippen molar-refractivity contribution in [3.8, 4) is 0 Å². The Labute approximate surface area is 180 Å². The quantitative estimate of drug-likeness (QED) is 0.646. The Balaban J connectivity index is 1.70. The first-order chi connectivity index (χ1) is 14.9. The van der Waals surface area contributed by atoms with Gasteiger partial charge in [-0.3, -0.25) is 9.52 Å². The van der Waals surface area contributed by atoms with Crippen LogP contribution in [0.15, 0.2) is 88.9 Å². The Bertz CT molecular complexity index is 1260. The number of hydrogen-bond acceptors (Lipinski definition) is 4. The summed E-state index contributed by atoms with van der Waals surface area (Å²) in [7, 11) is -3.81. The first-order valence-electron chi connectivity index (χ1n) is 9.66. The Morgan fingerprint density at radius 2 is 1.65 bits per heavy atom. The smallest absolute Gasteiger partial charge is 0.261 e. The molecule has 1 atom stereocenters. The predicted octanol–water partition coefficient (Wildman–Crippen LogP) is 4.32. The first kappa shape index (κ1) is 20.7. The zero-order chi connectivity index (χ0) is 22.0. The van der Waals surface area contributed by atoms with Crippen LogP contribution in [0.25, 0.3) is 0 Å². The minimum atomic E-state index is -3.81. The molecule has 1 unspecified atom stereocenters. The number of para-hydroxylation sites is 1. The molecule has 3 aromatic rings. The molecule has 1 heterocycles. The molecule has 1 aliphatic rings. The van der Waals surface area contributed by atoms with Crippen molar-refractivity contribution in [2.45, 2.75) is 24.3 Å². The molecule has 0 fully saturated rings. The summed E-state index contributed by atoms with van der Waals surface area (Å²) in [4.78, 5) is 12.3. The molecular weight excluding hydrogens is 417 g/mol. The first-order valence-corrected chi connectivity index (χ1v) is 11.1. The molecule has 1 N–H and O–H groups in total. The van der Waals surface area contributed by atoms with Crippen molar-refractivity contribution < 1.29 is 17.6 Å². The zero-order valence-electron chi connectivity index (χ0n) is 16.7. The van der Waals surface area contributed by atoms with E-state index in [1.54, 1.807) is 60.7 Å². The molecule has 0 saturated carbocycles. The van der Waals surface area contributed by atoms with Crippen LogP contribution >= 0.6 is 0 Å². The zero-order valence-corrected chi connectivity index (χ0v) is 17.5. The third-order valence-electron chi connectivity index (χ3n) is 5.03.